The van der Waals surface area contributed by atoms with Gasteiger partial charge in [-0.1, -0.05) is 0 Å². The van der Waals surface area contributed by atoms with Gasteiger partial charge in [0.2, 0.25) is 0 Å². The summed E-state index contributed by atoms with van der Waals surface area (Å²) < 4.78 is 6.96. The molecule has 2 rings (SSSR count). The first-order valence-electron chi connectivity index (χ1n) is 6.17. The van der Waals surface area contributed by atoms with E-state index in [2.05, 4.69) is 11.9 Å². The maximum atomic E-state index is 11.6. The molecule has 0 aromatic carbocycles. The average Bonchev–Trinajstić information content (AvgIpc) is 2.88. The van der Waals surface area contributed by atoms with Crippen LogP contribution in [0.2, 0.25) is 0 Å². The topological polar surface area (TPSA) is 70.1 Å². The summed E-state index contributed by atoms with van der Waals surface area (Å²) in [5, 5.41) is 0. The van der Waals surface area contributed by atoms with Crippen LogP contribution in [0.3, 0.4) is 0 Å². The Morgan fingerprint density at radius 2 is 2.50 bits per heavy atom. The molecule has 2 N–H and O–H groups in total. The molecule has 6 heteroatoms. The molecule has 1 saturated heterocycles. The van der Waals surface area contributed by atoms with Gasteiger partial charge in [0.25, 0.3) is 0 Å². The highest BCUT2D eigenvalue weighted by molar-refractivity contribution is 8.00. The summed E-state index contributed by atoms with van der Waals surface area (Å²) in [6.07, 6.45) is 4.04. The maximum absolute atomic E-state index is 11.6. The minimum absolute atomic E-state index is 0.195. The van der Waals surface area contributed by atoms with Gasteiger partial charge in [-0.2, -0.15) is 11.8 Å². The fraction of sp³-hybridized carbons (Fsp3) is 0.667. The predicted octanol–water partition coefficient (Wildman–Crippen LogP) is 1.93. The summed E-state index contributed by atoms with van der Waals surface area (Å²) in [4.78, 5) is 15.7. The van der Waals surface area contributed by atoms with Gasteiger partial charge in [0.1, 0.15) is 5.82 Å². The van der Waals surface area contributed by atoms with Crippen molar-refractivity contribution in [3.63, 3.8) is 0 Å². The van der Waals surface area contributed by atoms with E-state index in [0.717, 1.165) is 6.54 Å². The Bertz CT molecular complexity index is 439. The third kappa shape index (κ3) is 2.63. The zero-order chi connectivity index (χ0) is 13.2. The molecular weight excluding hydrogens is 250 g/mol. The van der Waals surface area contributed by atoms with Crippen molar-refractivity contribution in [3.8, 4) is 0 Å². The molecule has 0 radical (unpaired) electrons. The third-order valence-electron chi connectivity index (χ3n) is 3.15. The summed E-state index contributed by atoms with van der Waals surface area (Å²) in [6.45, 7) is 5.12. The van der Waals surface area contributed by atoms with Crippen LogP contribution in [0.1, 0.15) is 37.2 Å². The summed E-state index contributed by atoms with van der Waals surface area (Å²) in [5.74, 6) is 1.15. The number of carbonyl (C=O) groups excluding carboxylic acids is 1. The van der Waals surface area contributed by atoms with Crippen LogP contribution in [-0.2, 0) is 11.3 Å². The molecule has 0 amide bonds. The van der Waals surface area contributed by atoms with Gasteiger partial charge >= 0.3 is 5.97 Å². The Labute approximate surface area is 111 Å². The van der Waals surface area contributed by atoms with Crippen molar-refractivity contribution in [1.82, 2.24) is 9.55 Å². The molecule has 1 fully saturated rings. The lowest BCUT2D eigenvalue weighted by Gasteiger charge is -2.23. The molecule has 0 aliphatic carbocycles. The smallest absolute Gasteiger partial charge is 0.360 e. The second-order valence-electron chi connectivity index (χ2n) is 4.73. The molecule has 18 heavy (non-hydrogen) atoms. The predicted molar refractivity (Wildman–Crippen MR) is 72.7 cm³/mol. The van der Waals surface area contributed by atoms with Crippen LogP contribution < -0.4 is 5.73 Å². The number of thioether (sulfide) groups is 1. The van der Waals surface area contributed by atoms with Crippen molar-refractivity contribution in [1.29, 1.82) is 0 Å². The quantitative estimate of drug-likeness (QED) is 0.846. The average molecular weight is 269 g/mol. The minimum Gasteiger partial charge on any atom is -0.461 e. The fourth-order valence-corrected chi connectivity index (χ4v) is 3.50. The van der Waals surface area contributed by atoms with E-state index < -0.39 is 5.97 Å². The number of aromatic nitrogens is 2. The van der Waals surface area contributed by atoms with Crippen LogP contribution in [0.4, 0.5) is 5.82 Å². The first kappa shape index (κ1) is 13.3. The van der Waals surface area contributed by atoms with Crippen LogP contribution >= 0.6 is 11.8 Å². The summed E-state index contributed by atoms with van der Waals surface area (Å²) in [7, 11) is 0. The van der Waals surface area contributed by atoms with Gasteiger partial charge in [0.15, 0.2) is 5.69 Å². The Balaban J connectivity index is 2.13. The number of rotatable bonds is 4. The van der Waals surface area contributed by atoms with E-state index in [-0.39, 0.29) is 10.4 Å². The van der Waals surface area contributed by atoms with Crippen molar-refractivity contribution in [2.75, 3.05) is 18.1 Å². The molecule has 0 spiro atoms. The molecule has 1 unspecified atom stereocenters. The zero-order valence-corrected chi connectivity index (χ0v) is 11.6. The molecule has 0 saturated carbocycles. The molecule has 1 atom stereocenters. The van der Waals surface area contributed by atoms with E-state index >= 15 is 0 Å². The largest absolute Gasteiger partial charge is 0.461 e. The maximum Gasteiger partial charge on any atom is 0.360 e. The fourth-order valence-electron chi connectivity index (χ4n) is 2.20. The number of carbonyl (C=O) groups is 1. The van der Waals surface area contributed by atoms with Crippen molar-refractivity contribution in [2.24, 2.45) is 0 Å². The highest BCUT2D eigenvalue weighted by atomic mass is 32.2. The Hall–Kier alpha value is -1.17. The molecule has 0 bridgehead atoms. The monoisotopic (exact) mass is 269 g/mol. The molecule has 1 aromatic rings. The molecule has 1 aromatic heterocycles. The Morgan fingerprint density at radius 1 is 1.72 bits per heavy atom. The van der Waals surface area contributed by atoms with E-state index in [0.29, 0.717) is 12.4 Å². The van der Waals surface area contributed by atoms with Gasteiger partial charge in [-0.3, -0.25) is 0 Å². The van der Waals surface area contributed by atoms with Crippen LogP contribution in [0.15, 0.2) is 6.33 Å². The first-order chi connectivity index (χ1) is 8.56. The number of nitrogens with zero attached hydrogens (tertiary/aromatic N) is 2. The second kappa shape index (κ2) is 5.22. The number of anilines is 1. The lowest BCUT2D eigenvalue weighted by molar-refractivity contribution is 0.0521. The van der Waals surface area contributed by atoms with Crippen molar-refractivity contribution in [3.05, 3.63) is 12.0 Å². The van der Waals surface area contributed by atoms with Crippen LogP contribution in [0.25, 0.3) is 0 Å². The van der Waals surface area contributed by atoms with E-state index in [9.17, 15) is 4.79 Å². The number of hydrogen-bond donors (Lipinski definition) is 1. The molecule has 2 heterocycles. The van der Waals surface area contributed by atoms with Gasteiger partial charge in [-0.25, -0.2) is 9.78 Å². The van der Waals surface area contributed by atoms with Gasteiger partial charge < -0.3 is 15.0 Å². The number of nitrogen functional groups attached to an aromatic ring is 1. The van der Waals surface area contributed by atoms with E-state index in [4.69, 9.17) is 10.5 Å². The van der Waals surface area contributed by atoms with Crippen LogP contribution in [-0.4, -0.2) is 32.6 Å². The minimum atomic E-state index is -0.446. The number of esters is 1. The van der Waals surface area contributed by atoms with Crippen LogP contribution in [0.5, 0.6) is 0 Å². The molecule has 1 aliphatic heterocycles. The lowest BCUT2D eigenvalue weighted by atomic mass is 10.1. The van der Waals surface area contributed by atoms with Gasteiger partial charge in [-0.05, 0) is 32.4 Å². The van der Waals surface area contributed by atoms with Crippen LogP contribution in [0, 0.1) is 0 Å². The molecular formula is C12H19N3O2S. The normalized spacial score (nSPS) is 23.2. The van der Waals surface area contributed by atoms with Gasteiger partial charge in [0.05, 0.1) is 12.9 Å². The number of ether oxygens (including phenoxy) is 1. The standard InChI is InChI=1S/C12H19N3O2S/c1-3-17-11(16)9-10(13)15(8-14-9)7-12(2)5-4-6-18-12/h8H,3-7,13H2,1-2H3. The molecule has 5 nitrogen and oxygen atoms in total. The zero-order valence-electron chi connectivity index (χ0n) is 10.8. The second-order valence-corrected chi connectivity index (χ2v) is 6.41. The van der Waals surface area contributed by atoms with E-state index in [1.54, 1.807) is 13.3 Å². The van der Waals surface area contributed by atoms with Crippen molar-refractivity contribution >= 4 is 23.5 Å². The third-order valence-corrected chi connectivity index (χ3v) is 4.68. The summed E-state index contributed by atoms with van der Waals surface area (Å²) in [5.41, 5.74) is 6.19. The first-order valence-corrected chi connectivity index (χ1v) is 7.16. The number of nitrogens with two attached hydrogens (primary N) is 1. The lowest BCUT2D eigenvalue weighted by Crippen LogP contribution is -2.24. The van der Waals surface area contributed by atoms with Crippen molar-refractivity contribution < 1.29 is 9.53 Å². The molecule has 100 valence electrons. The SMILES string of the molecule is CCOC(=O)c1ncn(CC2(C)CCCS2)c1N. The van der Waals surface area contributed by atoms with E-state index in [1.807, 2.05) is 16.3 Å². The van der Waals surface area contributed by atoms with Crippen molar-refractivity contribution in [2.45, 2.75) is 38.0 Å². The number of imidazole rings is 1. The highest BCUT2D eigenvalue weighted by Gasteiger charge is 2.31. The van der Waals surface area contributed by atoms with Gasteiger partial charge in [0, 0.05) is 11.3 Å². The summed E-state index contributed by atoms with van der Waals surface area (Å²) >= 11 is 1.96. The Morgan fingerprint density at radius 3 is 3.11 bits per heavy atom. The van der Waals surface area contributed by atoms with Gasteiger partial charge in [-0.15, -0.1) is 0 Å². The Kier molecular flexibility index (Phi) is 3.85. The van der Waals surface area contributed by atoms with E-state index in [1.165, 1.54) is 18.6 Å². The molecule has 1 aliphatic rings. The number of hydrogen-bond acceptors (Lipinski definition) is 5. The highest BCUT2D eigenvalue weighted by Crippen LogP contribution is 2.39. The summed E-state index contributed by atoms with van der Waals surface area (Å²) in [6, 6.07) is 0.